The molecule has 0 spiro atoms. The fraction of sp³-hybridized carbons (Fsp3) is 0.0588. The highest BCUT2D eigenvalue weighted by molar-refractivity contribution is 6.36. The molecule has 0 aliphatic carbocycles. The lowest BCUT2D eigenvalue weighted by atomic mass is 10.1. The zero-order chi connectivity index (χ0) is 17.3. The molecule has 0 aliphatic rings. The molecule has 1 aromatic heterocycles. The lowest BCUT2D eigenvalue weighted by molar-refractivity contribution is 0.101. The summed E-state index contributed by atoms with van der Waals surface area (Å²) in [6.45, 7) is 0. The van der Waals surface area contributed by atoms with E-state index in [0.717, 1.165) is 5.56 Å². The van der Waals surface area contributed by atoms with E-state index >= 15 is 0 Å². The van der Waals surface area contributed by atoms with Crippen molar-refractivity contribution in [3.63, 3.8) is 0 Å². The van der Waals surface area contributed by atoms with Gasteiger partial charge in [0.25, 0.3) is 5.91 Å². The van der Waals surface area contributed by atoms with Gasteiger partial charge in [-0.1, -0.05) is 23.2 Å². The van der Waals surface area contributed by atoms with E-state index in [4.69, 9.17) is 23.2 Å². The first kappa shape index (κ1) is 16.5. The molecule has 122 valence electrons. The van der Waals surface area contributed by atoms with Crippen molar-refractivity contribution in [2.75, 3.05) is 5.32 Å². The standard InChI is InChI=1S/C17H12Cl2FN3O/c1-23-16(9-15(22-23)10-2-5-12(20)6-3-10)17(24)21-14-7-4-11(18)8-13(14)19/h2-9H,1H3,(H,21,24). The third-order valence-electron chi connectivity index (χ3n) is 3.43. The van der Waals surface area contributed by atoms with Gasteiger partial charge in [0, 0.05) is 17.6 Å². The highest BCUT2D eigenvalue weighted by Crippen LogP contribution is 2.26. The number of rotatable bonds is 3. The molecule has 7 heteroatoms. The SMILES string of the molecule is Cn1nc(-c2ccc(F)cc2)cc1C(=O)Nc1ccc(Cl)cc1Cl. The zero-order valence-corrected chi connectivity index (χ0v) is 14.1. The Labute approximate surface area is 147 Å². The molecule has 1 N–H and O–H groups in total. The van der Waals surface area contributed by atoms with Crippen LogP contribution in [-0.2, 0) is 7.05 Å². The average Bonchev–Trinajstić information content (AvgIpc) is 2.93. The smallest absolute Gasteiger partial charge is 0.273 e. The van der Waals surface area contributed by atoms with Gasteiger partial charge in [0.2, 0.25) is 0 Å². The molecule has 0 aliphatic heterocycles. The number of anilines is 1. The Kier molecular flexibility index (Phi) is 4.55. The van der Waals surface area contributed by atoms with Crippen LogP contribution in [0, 0.1) is 5.82 Å². The average molecular weight is 364 g/mol. The van der Waals surface area contributed by atoms with Crippen LogP contribution >= 0.6 is 23.2 Å². The molecule has 0 bridgehead atoms. The summed E-state index contributed by atoms with van der Waals surface area (Å²) in [5, 5.41) is 7.83. The first-order chi connectivity index (χ1) is 11.4. The number of aryl methyl sites for hydroxylation is 1. The van der Waals surface area contributed by atoms with Crippen LogP contribution in [-0.4, -0.2) is 15.7 Å². The number of halogens is 3. The van der Waals surface area contributed by atoms with Crippen LogP contribution in [0.4, 0.5) is 10.1 Å². The van der Waals surface area contributed by atoms with Crippen molar-refractivity contribution in [2.24, 2.45) is 7.05 Å². The molecule has 1 heterocycles. The van der Waals surface area contributed by atoms with E-state index in [1.54, 1.807) is 43.4 Å². The third kappa shape index (κ3) is 3.42. The topological polar surface area (TPSA) is 46.9 Å². The van der Waals surface area contributed by atoms with Crippen molar-refractivity contribution < 1.29 is 9.18 Å². The molecule has 3 rings (SSSR count). The Balaban J connectivity index is 1.86. The third-order valence-corrected chi connectivity index (χ3v) is 3.98. The molecule has 24 heavy (non-hydrogen) atoms. The number of amides is 1. The predicted molar refractivity (Wildman–Crippen MR) is 93.0 cm³/mol. The second kappa shape index (κ2) is 6.63. The van der Waals surface area contributed by atoms with Crippen LogP contribution in [0.2, 0.25) is 10.0 Å². The first-order valence-corrected chi connectivity index (χ1v) is 7.76. The molecular formula is C17H12Cl2FN3O. The van der Waals surface area contributed by atoms with Crippen LogP contribution in [0.25, 0.3) is 11.3 Å². The highest BCUT2D eigenvalue weighted by Gasteiger charge is 2.15. The Bertz CT molecular complexity index is 907. The minimum Gasteiger partial charge on any atom is -0.319 e. The summed E-state index contributed by atoms with van der Waals surface area (Å²) in [6.07, 6.45) is 0. The maximum absolute atomic E-state index is 13.0. The Hall–Kier alpha value is -2.37. The van der Waals surface area contributed by atoms with E-state index in [2.05, 4.69) is 10.4 Å². The van der Waals surface area contributed by atoms with Crippen LogP contribution in [0.3, 0.4) is 0 Å². The lowest BCUT2D eigenvalue weighted by Gasteiger charge is -2.07. The molecule has 0 fully saturated rings. The summed E-state index contributed by atoms with van der Waals surface area (Å²) in [4.78, 5) is 12.4. The normalized spacial score (nSPS) is 10.7. The van der Waals surface area contributed by atoms with Crippen LogP contribution in [0.1, 0.15) is 10.5 Å². The number of benzene rings is 2. The summed E-state index contributed by atoms with van der Waals surface area (Å²) < 4.78 is 14.5. The molecule has 0 radical (unpaired) electrons. The van der Waals surface area contributed by atoms with Gasteiger partial charge in [-0.25, -0.2) is 4.39 Å². The van der Waals surface area contributed by atoms with Gasteiger partial charge < -0.3 is 5.32 Å². The summed E-state index contributed by atoms with van der Waals surface area (Å²) in [5.74, 6) is -0.687. The second-order valence-corrected chi connectivity index (χ2v) is 5.97. The van der Waals surface area contributed by atoms with Gasteiger partial charge in [0.15, 0.2) is 0 Å². The predicted octanol–water partition coefficient (Wildman–Crippen LogP) is 4.79. The molecule has 4 nitrogen and oxygen atoms in total. The Morgan fingerprint density at radius 2 is 1.83 bits per heavy atom. The molecule has 0 saturated heterocycles. The quantitative estimate of drug-likeness (QED) is 0.727. The fourth-order valence-corrected chi connectivity index (χ4v) is 2.67. The maximum atomic E-state index is 13.0. The first-order valence-electron chi connectivity index (χ1n) is 7.00. The van der Waals surface area contributed by atoms with Crippen LogP contribution < -0.4 is 5.32 Å². The van der Waals surface area contributed by atoms with Gasteiger partial charge in [-0.15, -0.1) is 0 Å². The van der Waals surface area contributed by atoms with Crippen LogP contribution in [0.5, 0.6) is 0 Å². The minimum atomic E-state index is -0.359. The summed E-state index contributed by atoms with van der Waals surface area (Å²) >= 11 is 11.9. The molecule has 0 saturated carbocycles. The number of nitrogens with zero attached hydrogens (tertiary/aromatic N) is 2. The van der Waals surface area contributed by atoms with Crippen molar-refractivity contribution in [1.29, 1.82) is 0 Å². The van der Waals surface area contributed by atoms with E-state index < -0.39 is 0 Å². The fourth-order valence-electron chi connectivity index (χ4n) is 2.22. The molecule has 2 aromatic carbocycles. The van der Waals surface area contributed by atoms with E-state index in [9.17, 15) is 9.18 Å². The van der Waals surface area contributed by atoms with Gasteiger partial charge >= 0.3 is 0 Å². The molecule has 0 unspecified atom stereocenters. The molecule has 3 aromatic rings. The van der Waals surface area contributed by atoms with Crippen molar-refractivity contribution in [3.8, 4) is 11.3 Å². The van der Waals surface area contributed by atoms with Crippen LogP contribution in [0.15, 0.2) is 48.5 Å². The number of carbonyl (C=O) groups is 1. The van der Waals surface area contributed by atoms with E-state index in [0.29, 0.717) is 27.1 Å². The number of nitrogens with one attached hydrogen (secondary N) is 1. The van der Waals surface area contributed by atoms with Gasteiger partial charge in [0.1, 0.15) is 11.5 Å². The van der Waals surface area contributed by atoms with Gasteiger partial charge in [-0.05, 0) is 48.5 Å². The molecule has 1 amide bonds. The van der Waals surface area contributed by atoms with E-state index in [-0.39, 0.29) is 11.7 Å². The van der Waals surface area contributed by atoms with E-state index in [1.165, 1.54) is 16.8 Å². The number of hydrogen-bond acceptors (Lipinski definition) is 2. The highest BCUT2D eigenvalue weighted by atomic mass is 35.5. The van der Waals surface area contributed by atoms with Gasteiger partial charge in [-0.2, -0.15) is 5.10 Å². The van der Waals surface area contributed by atoms with Gasteiger partial charge in [-0.3, -0.25) is 9.48 Å². The Morgan fingerprint density at radius 3 is 2.50 bits per heavy atom. The van der Waals surface area contributed by atoms with Gasteiger partial charge in [0.05, 0.1) is 16.4 Å². The van der Waals surface area contributed by atoms with Crippen molar-refractivity contribution >= 4 is 34.8 Å². The van der Waals surface area contributed by atoms with Crippen molar-refractivity contribution in [1.82, 2.24) is 9.78 Å². The molecule has 0 atom stereocenters. The summed E-state index contributed by atoms with van der Waals surface area (Å²) in [6, 6.07) is 12.3. The van der Waals surface area contributed by atoms with Crippen molar-refractivity contribution in [2.45, 2.75) is 0 Å². The zero-order valence-electron chi connectivity index (χ0n) is 12.6. The molecular weight excluding hydrogens is 352 g/mol. The largest absolute Gasteiger partial charge is 0.319 e. The van der Waals surface area contributed by atoms with E-state index in [1.807, 2.05) is 0 Å². The summed E-state index contributed by atoms with van der Waals surface area (Å²) in [7, 11) is 1.66. The Morgan fingerprint density at radius 1 is 1.12 bits per heavy atom. The number of aromatic nitrogens is 2. The minimum absolute atomic E-state index is 0.329. The summed E-state index contributed by atoms with van der Waals surface area (Å²) in [5.41, 5.74) is 2.09. The maximum Gasteiger partial charge on any atom is 0.273 e. The number of carbonyl (C=O) groups excluding carboxylic acids is 1. The number of hydrogen-bond donors (Lipinski definition) is 1. The second-order valence-electron chi connectivity index (χ2n) is 5.12. The lowest BCUT2D eigenvalue weighted by Crippen LogP contribution is -2.16. The monoisotopic (exact) mass is 363 g/mol. The van der Waals surface area contributed by atoms with Crippen molar-refractivity contribution in [3.05, 3.63) is 70.1 Å².